The van der Waals surface area contributed by atoms with Crippen LogP contribution in [0.15, 0.2) is 36.5 Å². The van der Waals surface area contributed by atoms with Crippen LogP contribution < -0.4 is 0 Å². The van der Waals surface area contributed by atoms with E-state index in [1.807, 2.05) is 30.3 Å². The van der Waals surface area contributed by atoms with Crippen molar-refractivity contribution in [2.75, 3.05) is 0 Å². The normalized spacial score (nSPS) is 10.0. The zero-order valence-electron chi connectivity index (χ0n) is 7.16. The predicted octanol–water partition coefficient (Wildman–Crippen LogP) is 0.965. The Bertz CT molecular complexity index is 450. The fourth-order valence-corrected chi connectivity index (χ4v) is 1.07. The van der Waals surface area contributed by atoms with Crippen LogP contribution in [-0.2, 0) is 0 Å². The summed E-state index contributed by atoms with van der Waals surface area (Å²) in [6.45, 7) is 0. The molecule has 0 aliphatic carbocycles. The second-order valence-electron chi connectivity index (χ2n) is 2.69. The number of hydrogen-bond acceptors (Lipinski definition) is 3. The molecule has 14 heavy (non-hydrogen) atoms. The molecule has 0 aliphatic rings. The molecule has 1 N–H and O–H groups in total. The lowest BCUT2D eigenvalue weighted by Crippen LogP contribution is -1.95. The van der Waals surface area contributed by atoms with Crippen molar-refractivity contribution in [2.45, 2.75) is 0 Å². The second kappa shape index (κ2) is 3.29. The van der Waals surface area contributed by atoms with Crippen molar-refractivity contribution in [3.63, 3.8) is 0 Å². The van der Waals surface area contributed by atoms with Crippen LogP contribution in [0.4, 0.5) is 0 Å². The van der Waals surface area contributed by atoms with Gasteiger partial charge in [0.25, 0.3) is 0 Å². The zero-order chi connectivity index (χ0) is 9.97. The Kier molecular flexibility index (Phi) is 1.98. The van der Waals surface area contributed by atoms with Gasteiger partial charge in [-0.1, -0.05) is 23.4 Å². The quantitative estimate of drug-likeness (QED) is 0.764. The average molecular weight is 189 g/mol. The van der Waals surface area contributed by atoms with Crippen molar-refractivity contribution in [3.8, 4) is 5.69 Å². The van der Waals surface area contributed by atoms with Crippen LogP contribution >= 0.6 is 0 Å². The first-order valence-electron chi connectivity index (χ1n) is 3.98. The lowest BCUT2D eigenvalue weighted by atomic mass is 10.3. The molecule has 0 atom stereocenters. The molecule has 0 radical (unpaired) electrons. The van der Waals surface area contributed by atoms with E-state index in [2.05, 4.69) is 10.3 Å². The number of rotatable bonds is 2. The molecule has 0 spiro atoms. The Labute approximate surface area is 79.6 Å². The number of para-hydroxylation sites is 1. The molecule has 2 aromatic rings. The van der Waals surface area contributed by atoms with Crippen molar-refractivity contribution >= 4 is 5.97 Å². The van der Waals surface area contributed by atoms with E-state index >= 15 is 0 Å². The molecule has 0 unspecified atom stereocenters. The number of aromatic nitrogens is 3. The molecule has 0 amide bonds. The summed E-state index contributed by atoms with van der Waals surface area (Å²) in [6.07, 6.45) is 1.37. The number of carboxylic acids is 1. The minimum atomic E-state index is -1.08. The zero-order valence-corrected chi connectivity index (χ0v) is 7.16. The average Bonchev–Trinajstić information content (AvgIpc) is 2.68. The first-order chi connectivity index (χ1) is 6.77. The monoisotopic (exact) mass is 189 g/mol. The van der Waals surface area contributed by atoms with Gasteiger partial charge in [-0.15, -0.1) is 5.10 Å². The number of hydrogen-bond donors (Lipinski definition) is 1. The van der Waals surface area contributed by atoms with Crippen LogP contribution in [0.1, 0.15) is 10.5 Å². The van der Waals surface area contributed by atoms with E-state index in [9.17, 15) is 4.79 Å². The number of aromatic carboxylic acids is 1. The third kappa shape index (κ3) is 1.47. The molecule has 0 fully saturated rings. The predicted molar refractivity (Wildman–Crippen MR) is 48.3 cm³/mol. The van der Waals surface area contributed by atoms with Crippen LogP contribution in [0.25, 0.3) is 5.69 Å². The largest absolute Gasteiger partial charge is 0.476 e. The maximum absolute atomic E-state index is 10.5. The van der Waals surface area contributed by atoms with Crippen LogP contribution in [0.3, 0.4) is 0 Å². The highest BCUT2D eigenvalue weighted by molar-refractivity contribution is 5.84. The van der Waals surface area contributed by atoms with Gasteiger partial charge < -0.3 is 5.11 Å². The lowest BCUT2D eigenvalue weighted by molar-refractivity contribution is 0.0690. The van der Waals surface area contributed by atoms with Gasteiger partial charge in [0.15, 0.2) is 5.69 Å². The van der Waals surface area contributed by atoms with Gasteiger partial charge in [0.05, 0.1) is 11.9 Å². The van der Waals surface area contributed by atoms with Crippen LogP contribution in [0.2, 0.25) is 0 Å². The number of carboxylic acid groups (broad SMARTS) is 1. The van der Waals surface area contributed by atoms with Gasteiger partial charge in [0.1, 0.15) is 0 Å². The molecule has 1 aromatic carbocycles. The van der Waals surface area contributed by atoms with E-state index in [0.29, 0.717) is 0 Å². The molecular weight excluding hydrogens is 182 g/mol. The Morgan fingerprint density at radius 2 is 2.00 bits per heavy atom. The van der Waals surface area contributed by atoms with E-state index in [1.165, 1.54) is 10.9 Å². The highest BCUT2D eigenvalue weighted by atomic mass is 16.4. The maximum Gasteiger partial charge on any atom is 0.358 e. The van der Waals surface area contributed by atoms with Gasteiger partial charge in [-0.3, -0.25) is 0 Å². The van der Waals surface area contributed by atoms with E-state index in [4.69, 9.17) is 5.11 Å². The van der Waals surface area contributed by atoms with Gasteiger partial charge in [0.2, 0.25) is 0 Å². The highest BCUT2D eigenvalue weighted by Crippen LogP contribution is 2.05. The van der Waals surface area contributed by atoms with Crippen LogP contribution in [-0.4, -0.2) is 26.1 Å². The van der Waals surface area contributed by atoms with E-state index in [1.54, 1.807) is 0 Å². The molecular formula is C9H7N3O2. The van der Waals surface area contributed by atoms with Crippen molar-refractivity contribution in [3.05, 3.63) is 42.2 Å². The standard InChI is InChI=1S/C9H7N3O2/c13-9(14)8-6-12(11-10-8)7-4-2-1-3-5-7/h1-6H,(H,13,14). The Morgan fingerprint density at radius 1 is 1.29 bits per heavy atom. The topological polar surface area (TPSA) is 68.0 Å². The molecule has 2 rings (SSSR count). The van der Waals surface area contributed by atoms with Crippen molar-refractivity contribution < 1.29 is 9.90 Å². The third-order valence-corrected chi connectivity index (χ3v) is 1.73. The van der Waals surface area contributed by atoms with Gasteiger partial charge in [-0.25, -0.2) is 9.48 Å². The smallest absolute Gasteiger partial charge is 0.358 e. The molecule has 70 valence electrons. The third-order valence-electron chi connectivity index (χ3n) is 1.73. The number of benzene rings is 1. The summed E-state index contributed by atoms with van der Waals surface area (Å²) in [4.78, 5) is 10.5. The fraction of sp³-hybridized carbons (Fsp3) is 0. The number of nitrogens with zero attached hydrogens (tertiary/aromatic N) is 3. The summed E-state index contributed by atoms with van der Waals surface area (Å²) in [5.74, 6) is -1.08. The van der Waals surface area contributed by atoms with Crippen LogP contribution in [0.5, 0.6) is 0 Å². The summed E-state index contributed by atoms with van der Waals surface area (Å²) in [6, 6.07) is 9.20. The number of carbonyl (C=O) groups is 1. The van der Waals surface area contributed by atoms with Gasteiger partial charge >= 0.3 is 5.97 Å². The molecule has 0 saturated carbocycles. The SMILES string of the molecule is O=C(O)c1cn(-c2ccccc2)nn1. The highest BCUT2D eigenvalue weighted by Gasteiger charge is 2.08. The second-order valence-corrected chi connectivity index (χ2v) is 2.69. The Morgan fingerprint density at radius 3 is 2.57 bits per heavy atom. The fourth-order valence-electron chi connectivity index (χ4n) is 1.07. The Balaban J connectivity index is 2.39. The molecule has 1 heterocycles. The molecule has 5 heteroatoms. The first-order valence-corrected chi connectivity index (χ1v) is 3.98. The summed E-state index contributed by atoms with van der Waals surface area (Å²) in [5, 5.41) is 15.8. The molecule has 0 saturated heterocycles. The van der Waals surface area contributed by atoms with Gasteiger partial charge in [0, 0.05) is 0 Å². The van der Waals surface area contributed by atoms with E-state index in [-0.39, 0.29) is 5.69 Å². The van der Waals surface area contributed by atoms with Gasteiger partial charge in [-0.05, 0) is 12.1 Å². The molecule has 5 nitrogen and oxygen atoms in total. The molecule has 0 bridgehead atoms. The first kappa shape index (κ1) is 8.43. The van der Waals surface area contributed by atoms with Gasteiger partial charge in [-0.2, -0.15) is 0 Å². The molecule has 0 aliphatic heterocycles. The maximum atomic E-state index is 10.5. The summed E-state index contributed by atoms with van der Waals surface area (Å²) in [5.41, 5.74) is 0.723. The summed E-state index contributed by atoms with van der Waals surface area (Å²) < 4.78 is 1.42. The summed E-state index contributed by atoms with van der Waals surface area (Å²) in [7, 11) is 0. The van der Waals surface area contributed by atoms with Crippen molar-refractivity contribution in [1.29, 1.82) is 0 Å². The van der Waals surface area contributed by atoms with Crippen molar-refractivity contribution in [2.24, 2.45) is 0 Å². The summed E-state index contributed by atoms with van der Waals surface area (Å²) >= 11 is 0. The van der Waals surface area contributed by atoms with E-state index < -0.39 is 5.97 Å². The minimum absolute atomic E-state index is 0.0612. The van der Waals surface area contributed by atoms with Crippen LogP contribution in [0, 0.1) is 0 Å². The van der Waals surface area contributed by atoms with E-state index in [0.717, 1.165) is 5.69 Å². The van der Waals surface area contributed by atoms with Crippen molar-refractivity contribution in [1.82, 2.24) is 15.0 Å². The lowest BCUT2D eigenvalue weighted by Gasteiger charge is -1.96. The Hall–Kier alpha value is -2.17. The minimum Gasteiger partial charge on any atom is -0.476 e. The molecule has 1 aromatic heterocycles.